The second-order valence-corrected chi connectivity index (χ2v) is 7.07. The van der Waals surface area contributed by atoms with Gasteiger partial charge in [-0.05, 0) is 50.7 Å². The average molecular weight is 444 g/mol. The lowest BCUT2D eigenvalue weighted by atomic mass is 10.00. The number of aliphatic hydroxyl groups is 1. The van der Waals surface area contributed by atoms with Crippen LogP contribution in [0.5, 0.6) is 5.75 Å². The molecule has 2 aromatic carbocycles. The Bertz CT molecular complexity index is 998. The van der Waals surface area contributed by atoms with E-state index in [2.05, 4.69) is 22.9 Å². The highest BCUT2D eigenvalue weighted by Gasteiger charge is 2.22. The highest BCUT2D eigenvalue weighted by molar-refractivity contribution is 6.30. The van der Waals surface area contributed by atoms with Gasteiger partial charge in [0.05, 0.1) is 18.5 Å². The molecule has 0 amide bonds. The predicted molar refractivity (Wildman–Crippen MR) is 126 cm³/mol. The van der Waals surface area contributed by atoms with Crippen molar-refractivity contribution in [3.05, 3.63) is 70.3 Å². The molecule has 1 aliphatic rings. The number of hydrogen-bond donors (Lipinski definition) is 2. The van der Waals surface area contributed by atoms with Crippen molar-refractivity contribution < 1.29 is 9.84 Å². The summed E-state index contributed by atoms with van der Waals surface area (Å²) < 4.78 is 7.45. The third-order valence-electron chi connectivity index (χ3n) is 4.60. The van der Waals surface area contributed by atoms with Gasteiger partial charge in [-0.1, -0.05) is 37.1 Å². The molecule has 8 heteroatoms. The molecule has 0 aliphatic carbocycles. The van der Waals surface area contributed by atoms with Gasteiger partial charge in [0, 0.05) is 22.8 Å². The van der Waals surface area contributed by atoms with E-state index < -0.39 is 0 Å². The van der Waals surface area contributed by atoms with Gasteiger partial charge in [0.15, 0.2) is 5.82 Å². The summed E-state index contributed by atoms with van der Waals surface area (Å²) in [6.45, 7) is 4.81. The minimum atomic E-state index is 0.344. The number of hydrogen-bond acceptors (Lipinski definition) is 6. The summed E-state index contributed by atoms with van der Waals surface area (Å²) in [6.07, 6.45) is 2.04. The van der Waals surface area contributed by atoms with Crippen molar-refractivity contribution in [1.82, 2.24) is 14.8 Å². The number of fused-ring (bicyclic) bond motifs is 3. The fraction of sp³-hybridized carbons (Fsp3) is 0.348. The Hall–Kier alpha value is -2.74. The maximum Gasteiger partial charge on any atom is 0.159 e. The molecule has 1 aliphatic heterocycles. The van der Waals surface area contributed by atoms with Gasteiger partial charge in [0.2, 0.25) is 0 Å². The second kappa shape index (κ2) is 12.2. The summed E-state index contributed by atoms with van der Waals surface area (Å²) in [7, 11) is 3.16. The van der Waals surface area contributed by atoms with Gasteiger partial charge in [-0.25, -0.2) is 0 Å². The van der Waals surface area contributed by atoms with Gasteiger partial charge in [0.1, 0.15) is 18.1 Å². The van der Waals surface area contributed by atoms with Crippen molar-refractivity contribution in [2.45, 2.75) is 33.2 Å². The van der Waals surface area contributed by atoms with Gasteiger partial charge in [0.25, 0.3) is 0 Å². The lowest BCUT2D eigenvalue weighted by Crippen LogP contribution is -2.08. The Labute approximate surface area is 188 Å². The molecule has 7 nitrogen and oxygen atoms in total. The first-order chi connectivity index (χ1) is 15.1. The predicted octanol–water partition coefficient (Wildman–Crippen LogP) is 3.94. The zero-order chi connectivity index (χ0) is 22.8. The molecule has 3 aromatic rings. The third-order valence-corrected chi connectivity index (χ3v) is 4.85. The minimum absolute atomic E-state index is 0.344. The summed E-state index contributed by atoms with van der Waals surface area (Å²) in [5.41, 5.74) is 8.38. The van der Waals surface area contributed by atoms with Crippen LogP contribution >= 0.6 is 11.6 Å². The topological polar surface area (TPSA) is 98.6 Å². The van der Waals surface area contributed by atoms with Gasteiger partial charge in [-0.15, -0.1) is 10.2 Å². The number of aromatic nitrogens is 3. The van der Waals surface area contributed by atoms with Crippen LogP contribution in [0.2, 0.25) is 5.02 Å². The lowest BCUT2D eigenvalue weighted by Gasteiger charge is -2.14. The van der Waals surface area contributed by atoms with Gasteiger partial charge >= 0.3 is 0 Å². The molecule has 2 heterocycles. The van der Waals surface area contributed by atoms with E-state index in [4.69, 9.17) is 26.4 Å². The Kier molecular flexibility index (Phi) is 9.65. The number of ether oxygens (including phenoxy) is 1. The number of nitrogens with zero attached hydrogens (tertiary/aromatic N) is 4. The fourth-order valence-corrected chi connectivity index (χ4v) is 3.22. The average Bonchev–Trinajstić information content (AvgIpc) is 3.08. The molecule has 0 bridgehead atoms. The molecule has 0 saturated carbocycles. The largest absolute Gasteiger partial charge is 0.497 e. The van der Waals surface area contributed by atoms with Gasteiger partial charge in [-0.2, -0.15) is 0 Å². The molecule has 31 heavy (non-hydrogen) atoms. The van der Waals surface area contributed by atoms with E-state index in [-0.39, 0.29) is 0 Å². The van der Waals surface area contributed by atoms with E-state index in [1.807, 2.05) is 54.0 Å². The van der Waals surface area contributed by atoms with Crippen molar-refractivity contribution in [2.75, 3.05) is 20.8 Å². The Morgan fingerprint density at radius 2 is 1.84 bits per heavy atom. The van der Waals surface area contributed by atoms with E-state index in [0.29, 0.717) is 18.2 Å². The van der Waals surface area contributed by atoms with Crippen LogP contribution in [0.1, 0.15) is 42.5 Å². The quantitative estimate of drug-likeness (QED) is 0.636. The second-order valence-electron chi connectivity index (χ2n) is 6.63. The maximum absolute atomic E-state index is 8.07. The molecule has 166 valence electrons. The standard InChI is InChI=1S/C18H15ClN4O.C4H10O.CH5N/c1-11-21-22-17-10-20-18(12-3-5-13(19)6-4-12)15-9-14(24-2)7-8-16(15)23(11)17;1-2-3-4-5;1-2/h3-9H,10H2,1-2H3;5H,2-4H2,1H3;2H2,1H3. The Morgan fingerprint density at radius 1 is 1.13 bits per heavy atom. The lowest BCUT2D eigenvalue weighted by molar-refractivity contribution is 0.287. The third kappa shape index (κ3) is 5.91. The molecule has 0 atom stereocenters. The highest BCUT2D eigenvalue weighted by atomic mass is 35.5. The molecule has 4 rings (SSSR count). The molecular formula is C23H30ClN5O2. The van der Waals surface area contributed by atoms with Crippen molar-refractivity contribution in [3.8, 4) is 11.4 Å². The van der Waals surface area contributed by atoms with Crippen molar-refractivity contribution in [3.63, 3.8) is 0 Å². The minimum Gasteiger partial charge on any atom is -0.497 e. The number of aryl methyl sites for hydroxylation is 1. The summed E-state index contributed by atoms with van der Waals surface area (Å²) in [5, 5.41) is 17.2. The SMILES string of the molecule is CCCCO.CN.COc1ccc2c(c1)C(c1ccc(Cl)cc1)=NCc1nnc(C)n1-2. The fourth-order valence-electron chi connectivity index (χ4n) is 3.10. The number of halogens is 1. The van der Waals surface area contributed by atoms with Crippen LogP contribution in [0.4, 0.5) is 0 Å². The number of unbranched alkanes of at least 4 members (excludes halogenated alkanes) is 1. The van der Waals surface area contributed by atoms with Gasteiger partial charge in [-0.3, -0.25) is 9.56 Å². The maximum atomic E-state index is 8.07. The normalized spacial score (nSPS) is 11.5. The first-order valence-electron chi connectivity index (χ1n) is 10.2. The van der Waals surface area contributed by atoms with E-state index in [1.165, 1.54) is 7.05 Å². The number of aliphatic imine (C=N–C) groups is 1. The summed E-state index contributed by atoms with van der Waals surface area (Å²) in [5.74, 6) is 2.44. The number of aliphatic hydroxyl groups excluding tert-OH is 1. The molecule has 1 aromatic heterocycles. The van der Waals surface area contributed by atoms with E-state index in [9.17, 15) is 0 Å². The number of nitrogens with two attached hydrogens (primary N) is 1. The number of benzene rings is 2. The number of rotatable bonds is 4. The van der Waals surface area contributed by atoms with Crippen molar-refractivity contribution in [2.24, 2.45) is 10.7 Å². The zero-order valence-electron chi connectivity index (χ0n) is 18.5. The summed E-state index contributed by atoms with van der Waals surface area (Å²) in [4.78, 5) is 4.79. The smallest absolute Gasteiger partial charge is 0.159 e. The van der Waals surface area contributed by atoms with E-state index >= 15 is 0 Å². The number of methoxy groups -OCH3 is 1. The zero-order valence-corrected chi connectivity index (χ0v) is 19.2. The molecule has 3 N–H and O–H groups in total. The van der Waals surface area contributed by atoms with Crippen LogP contribution in [-0.4, -0.2) is 46.3 Å². The molecule has 0 unspecified atom stereocenters. The first kappa shape index (κ1) is 24.5. The van der Waals surface area contributed by atoms with Crippen molar-refractivity contribution in [1.29, 1.82) is 0 Å². The van der Waals surface area contributed by atoms with Crippen LogP contribution in [0.15, 0.2) is 47.5 Å². The van der Waals surface area contributed by atoms with E-state index in [0.717, 1.165) is 52.8 Å². The molecule has 0 saturated heterocycles. The first-order valence-corrected chi connectivity index (χ1v) is 10.6. The Morgan fingerprint density at radius 3 is 2.42 bits per heavy atom. The van der Waals surface area contributed by atoms with Crippen LogP contribution in [0.3, 0.4) is 0 Å². The van der Waals surface area contributed by atoms with Crippen LogP contribution < -0.4 is 10.5 Å². The summed E-state index contributed by atoms with van der Waals surface area (Å²) in [6, 6.07) is 13.6. The van der Waals surface area contributed by atoms with E-state index in [1.54, 1.807) is 7.11 Å². The highest BCUT2D eigenvalue weighted by Crippen LogP contribution is 2.29. The van der Waals surface area contributed by atoms with Crippen LogP contribution in [0.25, 0.3) is 5.69 Å². The van der Waals surface area contributed by atoms with Crippen LogP contribution in [0, 0.1) is 6.92 Å². The molecule has 0 radical (unpaired) electrons. The van der Waals surface area contributed by atoms with Gasteiger partial charge < -0.3 is 15.6 Å². The van der Waals surface area contributed by atoms with Crippen molar-refractivity contribution >= 4 is 17.3 Å². The molecule has 0 fully saturated rings. The van der Waals surface area contributed by atoms with Crippen LogP contribution in [-0.2, 0) is 6.54 Å². The Balaban J connectivity index is 0.000000432. The molecule has 0 spiro atoms. The monoisotopic (exact) mass is 443 g/mol. The molecular weight excluding hydrogens is 414 g/mol. The summed E-state index contributed by atoms with van der Waals surface area (Å²) >= 11 is 6.02.